The van der Waals surface area contributed by atoms with Gasteiger partial charge in [0.05, 0.1) is 13.0 Å². The van der Waals surface area contributed by atoms with Crippen LogP contribution in [0, 0.1) is 5.82 Å². The van der Waals surface area contributed by atoms with Gasteiger partial charge in [-0.2, -0.15) is 0 Å². The van der Waals surface area contributed by atoms with E-state index in [2.05, 4.69) is 20.2 Å². The van der Waals surface area contributed by atoms with Crippen molar-refractivity contribution in [3.63, 3.8) is 0 Å². The van der Waals surface area contributed by atoms with Gasteiger partial charge in [0.25, 0.3) is 5.89 Å². The normalized spacial score (nSPS) is 13.9. The van der Waals surface area contributed by atoms with Crippen molar-refractivity contribution in [2.24, 2.45) is 0 Å². The van der Waals surface area contributed by atoms with Gasteiger partial charge >= 0.3 is 6.03 Å². The molecule has 168 valence electrons. The predicted octanol–water partition coefficient (Wildman–Crippen LogP) is 2.35. The Labute approximate surface area is 186 Å². The van der Waals surface area contributed by atoms with E-state index in [0.29, 0.717) is 24.3 Å². The van der Waals surface area contributed by atoms with Crippen LogP contribution in [-0.2, 0) is 6.42 Å². The van der Waals surface area contributed by atoms with E-state index in [0.717, 1.165) is 5.56 Å². The number of aliphatic hydroxyl groups excluding tert-OH is 1. The summed E-state index contributed by atoms with van der Waals surface area (Å²) in [4.78, 5) is 24.6. The molecule has 0 atom stereocenters. The van der Waals surface area contributed by atoms with Crippen LogP contribution in [-0.4, -0.2) is 67.6 Å². The molecule has 4 heterocycles. The average Bonchev–Trinajstić information content (AvgIpc) is 3.43. The maximum Gasteiger partial charge on any atom is 0.325 e. The van der Waals surface area contributed by atoms with Crippen molar-refractivity contribution in [1.82, 2.24) is 25.1 Å². The van der Waals surface area contributed by atoms with Crippen molar-refractivity contribution in [2.75, 3.05) is 31.1 Å². The SMILES string of the molecule is O=C1N(CCO)CCN1c1nc(-c2nnc(Cc3ccc(F)cc3)o2)c(O)c2ncccc12. The van der Waals surface area contributed by atoms with Crippen LogP contribution in [0.5, 0.6) is 5.75 Å². The Morgan fingerprint density at radius 3 is 2.73 bits per heavy atom. The standard InChI is InChI=1S/C22H19FN6O4/c23-14-5-3-13(4-6-14)12-16-26-27-21(33-16)18-19(31)17-15(2-1-7-24-17)20(25-18)29-9-8-28(10-11-30)22(29)32/h1-7,30-31H,8-12H2. The predicted molar refractivity (Wildman–Crippen MR) is 115 cm³/mol. The lowest BCUT2D eigenvalue weighted by Gasteiger charge is -2.19. The van der Waals surface area contributed by atoms with E-state index >= 15 is 0 Å². The number of β-amino-alcohol motifs (C(OH)–C–C–N with tert-alkyl or cyclic N) is 1. The number of hydrogen-bond acceptors (Lipinski definition) is 8. The molecule has 0 bridgehead atoms. The molecular weight excluding hydrogens is 431 g/mol. The lowest BCUT2D eigenvalue weighted by molar-refractivity contribution is 0.199. The van der Waals surface area contributed by atoms with Gasteiger partial charge in [-0.25, -0.2) is 14.2 Å². The molecule has 2 N–H and O–H groups in total. The first kappa shape index (κ1) is 20.8. The Morgan fingerprint density at radius 2 is 1.94 bits per heavy atom. The fourth-order valence-corrected chi connectivity index (χ4v) is 3.77. The molecule has 1 aliphatic heterocycles. The van der Waals surface area contributed by atoms with E-state index in [9.17, 15) is 19.4 Å². The third kappa shape index (κ3) is 3.82. The van der Waals surface area contributed by atoms with E-state index in [1.54, 1.807) is 24.3 Å². The Morgan fingerprint density at radius 1 is 1.12 bits per heavy atom. The highest BCUT2D eigenvalue weighted by molar-refractivity contribution is 6.04. The number of carbonyl (C=O) groups excluding carboxylic acids is 1. The average molecular weight is 450 g/mol. The van der Waals surface area contributed by atoms with Gasteiger partial charge in [0.2, 0.25) is 5.89 Å². The number of carbonyl (C=O) groups is 1. The number of aromatic nitrogens is 4. The van der Waals surface area contributed by atoms with E-state index < -0.39 is 0 Å². The third-order valence-corrected chi connectivity index (χ3v) is 5.37. The van der Waals surface area contributed by atoms with Crippen LogP contribution >= 0.6 is 0 Å². The minimum Gasteiger partial charge on any atom is -0.504 e. The number of fused-ring (bicyclic) bond motifs is 1. The molecule has 5 rings (SSSR count). The van der Waals surface area contributed by atoms with Gasteiger partial charge < -0.3 is 19.5 Å². The molecule has 0 aliphatic carbocycles. The summed E-state index contributed by atoms with van der Waals surface area (Å²) in [5.41, 5.74) is 1.02. The lowest BCUT2D eigenvalue weighted by Crippen LogP contribution is -2.34. The summed E-state index contributed by atoms with van der Waals surface area (Å²) in [5, 5.41) is 28.6. The molecule has 11 heteroatoms. The second-order valence-corrected chi connectivity index (χ2v) is 7.48. The Balaban J connectivity index is 1.54. The molecule has 4 aromatic rings. The lowest BCUT2D eigenvalue weighted by atomic mass is 10.1. The van der Waals surface area contributed by atoms with Crippen molar-refractivity contribution < 1.29 is 23.8 Å². The highest BCUT2D eigenvalue weighted by Crippen LogP contribution is 2.38. The Bertz CT molecular complexity index is 1330. The van der Waals surface area contributed by atoms with Crippen LogP contribution in [0.4, 0.5) is 15.0 Å². The third-order valence-electron chi connectivity index (χ3n) is 5.37. The monoisotopic (exact) mass is 450 g/mol. The zero-order valence-electron chi connectivity index (χ0n) is 17.3. The van der Waals surface area contributed by atoms with E-state index in [4.69, 9.17) is 4.42 Å². The second-order valence-electron chi connectivity index (χ2n) is 7.48. The summed E-state index contributed by atoms with van der Waals surface area (Å²) in [5.74, 6) is -0.0618. The summed E-state index contributed by atoms with van der Waals surface area (Å²) >= 11 is 0. The first-order chi connectivity index (χ1) is 16.0. The van der Waals surface area contributed by atoms with Gasteiger partial charge in [0.15, 0.2) is 11.4 Å². The largest absolute Gasteiger partial charge is 0.504 e. The molecule has 1 saturated heterocycles. The van der Waals surface area contributed by atoms with Crippen LogP contribution < -0.4 is 4.90 Å². The minimum atomic E-state index is -0.343. The molecule has 0 radical (unpaired) electrons. The maximum atomic E-state index is 13.1. The van der Waals surface area contributed by atoms with Crippen LogP contribution in [0.25, 0.3) is 22.5 Å². The molecule has 0 unspecified atom stereocenters. The summed E-state index contributed by atoms with van der Waals surface area (Å²) < 4.78 is 18.9. The van der Waals surface area contributed by atoms with Crippen LogP contribution in [0.1, 0.15) is 11.5 Å². The van der Waals surface area contributed by atoms with Crippen LogP contribution in [0.3, 0.4) is 0 Å². The van der Waals surface area contributed by atoms with Gasteiger partial charge in [-0.1, -0.05) is 12.1 Å². The molecule has 0 saturated carbocycles. The van der Waals surface area contributed by atoms with Crippen molar-refractivity contribution in [2.45, 2.75) is 6.42 Å². The number of urea groups is 1. The van der Waals surface area contributed by atoms with Crippen molar-refractivity contribution in [1.29, 1.82) is 0 Å². The molecule has 0 spiro atoms. The van der Waals surface area contributed by atoms with Crippen molar-refractivity contribution >= 4 is 22.8 Å². The summed E-state index contributed by atoms with van der Waals surface area (Å²) in [7, 11) is 0. The van der Waals surface area contributed by atoms with Gasteiger partial charge in [0.1, 0.15) is 17.2 Å². The van der Waals surface area contributed by atoms with Gasteiger partial charge in [-0.15, -0.1) is 10.2 Å². The second kappa shape index (κ2) is 8.43. The summed E-state index contributed by atoms with van der Waals surface area (Å²) in [6.45, 7) is 0.864. The molecule has 33 heavy (non-hydrogen) atoms. The molecule has 1 aliphatic rings. The minimum absolute atomic E-state index is 0.00228. The molecule has 10 nitrogen and oxygen atoms in total. The first-order valence-corrected chi connectivity index (χ1v) is 10.3. The van der Waals surface area contributed by atoms with Gasteiger partial charge in [-0.05, 0) is 29.8 Å². The number of benzene rings is 1. The van der Waals surface area contributed by atoms with Crippen molar-refractivity contribution in [3.05, 3.63) is 59.9 Å². The molecule has 2 amide bonds. The van der Waals surface area contributed by atoms with Gasteiger partial charge in [-0.3, -0.25) is 9.88 Å². The van der Waals surface area contributed by atoms with Crippen LogP contribution in [0.15, 0.2) is 47.0 Å². The van der Waals surface area contributed by atoms with Crippen molar-refractivity contribution in [3.8, 4) is 17.3 Å². The maximum absolute atomic E-state index is 13.1. The Kier molecular flexibility index (Phi) is 5.31. The number of aliphatic hydroxyl groups is 1. The quantitative estimate of drug-likeness (QED) is 0.458. The number of anilines is 1. The summed E-state index contributed by atoms with van der Waals surface area (Å²) in [6, 6.07) is 9.01. The van der Waals surface area contributed by atoms with E-state index in [1.807, 2.05) is 0 Å². The Hall–Kier alpha value is -4.12. The number of nitrogens with zero attached hydrogens (tertiary/aromatic N) is 6. The highest BCUT2D eigenvalue weighted by Gasteiger charge is 2.33. The number of hydrogen-bond donors (Lipinski definition) is 2. The smallest absolute Gasteiger partial charge is 0.325 e. The van der Waals surface area contributed by atoms with E-state index in [-0.39, 0.29) is 60.2 Å². The zero-order chi connectivity index (χ0) is 22.9. The fourth-order valence-electron chi connectivity index (χ4n) is 3.77. The first-order valence-electron chi connectivity index (χ1n) is 10.3. The number of pyridine rings is 2. The van der Waals surface area contributed by atoms with Gasteiger partial charge in [0, 0.05) is 31.2 Å². The highest BCUT2D eigenvalue weighted by atomic mass is 19.1. The van der Waals surface area contributed by atoms with E-state index in [1.165, 1.54) is 28.1 Å². The molecular formula is C22H19FN6O4. The summed E-state index contributed by atoms with van der Waals surface area (Å²) in [6.07, 6.45) is 1.79. The number of aromatic hydroxyl groups is 1. The molecule has 1 fully saturated rings. The zero-order valence-corrected chi connectivity index (χ0v) is 17.3. The number of rotatable bonds is 6. The number of amides is 2. The topological polar surface area (TPSA) is 129 Å². The fraction of sp³-hybridized carbons (Fsp3) is 0.227. The molecule has 3 aromatic heterocycles. The number of halogens is 1. The molecule has 1 aromatic carbocycles. The van der Waals surface area contributed by atoms with Crippen LogP contribution in [0.2, 0.25) is 0 Å².